The molecule has 1 aliphatic rings. The Labute approximate surface area is 115 Å². The maximum absolute atomic E-state index is 11.8. The molecule has 102 valence electrons. The van der Waals surface area contributed by atoms with E-state index in [-0.39, 0.29) is 23.4 Å². The third-order valence-electron chi connectivity index (χ3n) is 3.32. The lowest BCUT2D eigenvalue weighted by Gasteiger charge is -2.09. The lowest BCUT2D eigenvalue weighted by atomic mass is 10.1. The summed E-state index contributed by atoms with van der Waals surface area (Å²) in [6.45, 7) is 0. The van der Waals surface area contributed by atoms with Gasteiger partial charge in [-0.25, -0.2) is 0 Å². The first-order valence-corrected chi connectivity index (χ1v) is 6.49. The van der Waals surface area contributed by atoms with Gasteiger partial charge in [-0.15, -0.1) is 10.2 Å². The molecule has 1 heterocycles. The molecule has 0 atom stereocenters. The van der Waals surface area contributed by atoms with E-state index in [2.05, 4.69) is 20.8 Å². The number of nitrogens with one attached hydrogen (secondary N) is 2. The van der Waals surface area contributed by atoms with E-state index in [9.17, 15) is 9.59 Å². The van der Waals surface area contributed by atoms with Crippen LogP contribution in [0.25, 0.3) is 10.8 Å². The molecular formula is C14H14N4O2. The summed E-state index contributed by atoms with van der Waals surface area (Å²) in [5, 5.41) is 14.6. The Hall–Kier alpha value is -2.50. The van der Waals surface area contributed by atoms with Gasteiger partial charge in [0.15, 0.2) is 11.5 Å². The number of carbonyl (C=O) groups excluding carboxylic acids is 2. The molecule has 0 unspecified atom stereocenters. The zero-order valence-electron chi connectivity index (χ0n) is 11.0. The quantitative estimate of drug-likeness (QED) is 0.881. The zero-order valence-corrected chi connectivity index (χ0v) is 11.0. The second-order valence-corrected chi connectivity index (χ2v) is 4.79. The minimum absolute atomic E-state index is 0.0304. The highest BCUT2D eigenvalue weighted by Crippen LogP contribution is 2.31. The van der Waals surface area contributed by atoms with Crippen molar-refractivity contribution in [2.24, 2.45) is 5.92 Å². The number of benzene rings is 1. The molecule has 0 bridgehead atoms. The van der Waals surface area contributed by atoms with Gasteiger partial charge in [-0.3, -0.25) is 9.59 Å². The van der Waals surface area contributed by atoms with Crippen molar-refractivity contribution >= 4 is 28.4 Å². The van der Waals surface area contributed by atoms with Gasteiger partial charge in [0.05, 0.1) is 0 Å². The summed E-state index contributed by atoms with van der Waals surface area (Å²) in [4.78, 5) is 23.6. The highest BCUT2D eigenvalue weighted by molar-refractivity contribution is 6.09. The molecule has 6 heteroatoms. The van der Waals surface area contributed by atoms with Crippen LogP contribution in [0.15, 0.2) is 24.3 Å². The first-order valence-electron chi connectivity index (χ1n) is 6.49. The lowest BCUT2D eigenvalue weighted by molar-refractivity contribution is -0.117. The Morgan fingerprint density at radius 1 is 1.15 bits per heavy atom. The number of carbonyl (C=O) groups is 2. The fourth-order valence-electron chi connectivity index (χ4n) is 2.05. The molecular weight excluding hydrogens is 256 g/mol. The van der Waals surface area contributed by atoms with Crippen LogP contribution in [0.5, 0.6) is 0 Å². The average molecular weight is 270 g/mol. The highest BCUT2D eigenvalue weighted by Gasteiger charge is 2.30. The second-order valence-electron chi connectivity index (χ2n) is 4.79. The third kappa shape index (κ3) is 2.20. The monoisotopic (exact) mass is 270 g/mol. The van der Waals surface area contributed by atoms with E-state index in [0.29, 0.717) is 11.2 Å². The lowest BCUT2D eigenvalue weighted by Crippen LogP contribution is -2.21. The highest BCUT2D eigenvalue weighted by atomic mass is 16.2. The van der Waals surface area contributed by atoms with Gasteiger partial charge in [-0.1, -0.05) is 24.3 Å². The van der Waals surface area contributed by atoms with Crippen molar-refractivity contribution in [1.82, 2.24) is 15.5 Å². The van der Waals surface area contributed by atoms with Crippen LogP contribution >= 0.6 is 0 Å². The van der Waals surface area contributed by atoms with Crippen molar-refractivity contribution in [3.63, 3.8) is 0 Å². The smallest absolute Gasteiger partial charge is 0.272 e. The number of hydrogen-bond donors (Lipinski definition) is 2. The van der Waals surface area contributed by atoms with Crippen LogP contribution < -0.4 is 10.6 Å². The zero-order chi connectivity index (χ0) is 14.1. The molecule has 0 aliphatic heterocycles. The molecule has 3 rings (SSSR count). The fraction of sp³-hybridized carbons (Fsp3) is 0.286. The number of anilines is 1. The van der Waals surface area contributed by atoms with E-state index in [1.54, 1.807) is 13.1 Å². The van der Waals surface area contributed by atoms with Crippen molar-refractivity contribution in [2.75, 3.05) is 12.4 Å². The first kappa shape index (κ1) is 12.5. The molecule has 20 heavy (non-hydrogen) atoms. The summed E-state index contributed by atoms with van der Waals surface area (Å²) in [5.41, 5.74) is 0.257. The average Bonchev–Trinajstić information content (AvgIpc) is 3.31. The molecule has 0 radical (unpaired) electrons. The van der Waals surface area contributed by atoms with Crippen LogP contribution in [0.1, 0.15) is 23.3 Å². The van der Waals surface area contributed by atoms with Gasteiger partial charge in [0.25, 0.3) is 5.91 Å². The van der Waals surface area contributed by atoms with Crippen LogP contribution in [-0.2, 0) is 4.79 Å². The molecule has 2 aromatic rings. The van der Waals surface area contributed by atoms with Crippen molar-refractivity contribution in [3.05, 3.63) is 30.0 Å². The molecule has 1 fully saturated rings. The maximum atomic E-state index is 11.8. The molecule has 2 N–H and O–H groups in total. The van der Waals surface area contributed by atoms with E-state index in [1.165, 1.54) is 0 Å². The first-order chi connectivity index (χ1) is 9.70. The number of fused-ring (bicyclic) bond motifs is 1. The molecule has 6 nitrogen and oxygen atoms in total. The van der Waals surface area contributed by atoms with Crippen molar-refractivity contribution < 1.29 is 9.59 Å². The molecule has 1 saturated carbocycles. The van der Waals surface area contributed by atoms with Gasteiger partial charge < -0.3 is 10.6 Å². The Bertz CT molecular complexity index is 695. The summed E-state index contributed by atoms with van der Waals surface area (Å²) < 4.78 is 0. The maximum Gasteiger partial charge on any atom is 0.272 e. The van der Waals surface area contributed by atoms with Gasteiger partial charge in [0, 0.05) is 23.7 Å². The van der Waals surface area contributed by atoms with Crippen LogP contribution in [0.2, 0.25) is 0 Å². The molecule has 1 aromatic carbocycles. The molecule has 0 spiro atoms. The summed E-state index contributed by atoms with van der Waals surface area (Å²) in [7, 11) is 1.54. The van der Waals surface area contributed by atoms with Crippen LogP contribution in [0, 0.1) is 5.92 Å². The summed E-state index contributed by atoms with van der Waals surface area (Å²) in [6, 6.07) is 7.27. The van der Waals surface area contributed by atoms with Crippen molar-refractivity contribution in [3.8, 4) is 0 Å². The molecule has 2 amide bonds. The topological polar surface area (TPSA) is 84.0 Å². The predicted octanol–water partition coefficient (Wildman–Crippen LogP) is 1.34. The summed E-state index contributed by atoms with van der Waals surface area (Å²) >= 11 is 0. The predicted molar refractivity (Wildman–Crippen MR) is 74.3 cm³/mol. The van der Waals surface area contributed by atoms with Gasteiger partial charge in [-0.05, 0) is 12.8 Å². The van der Waals surface area contributed by atoms with Gasteiger partial charge >= 0.3 is 0 Å². The normalized spacial score (nSPS) is 14.1. The Kier molecular flexibility index (Phi) is 3.06. The number of aromatic nitrogens is 2. The molecule has 1 aliphatic carbocycles. The largest absolute Gasteiger partial charge is 0.354 e. The van der Waals surface area contributed by atoms with E-state index >= 15 is 0 Å². The molecule has 1 aromatic heterocycles. The van der Waals surface area contributed by atoms with E-state index in [4.69, 9.17) is 0 Å². The van der Waals surface area contributed by atoms with Crippen LogP contribution in [0.4, 0.5) is 5.82 Å². The SMILES string of the molecule is CNC(=O)c1nnc(NC(=O)C2CC2)c2ccccc12. The number of nitrogens with zero attached hydrogens (tertiary/aromatic N) is 2. The minimum atomic E-state index is -0.297. The number of hydrogen-bond acceptors (Lipinski definition) is 4. The van der Waals surface area contributed by atoms with E-state index < -0.39 is 0 Å². The van der Waals surface area contributed by atoms with E-state index in [0.717, 1.165) is 18.2 Å². The van der Waals surface area contributed by atoms with Crippen molar-refractivity contribution in [1.29, 1.82) is 0 Å². The van der Waals surface area contributed by atoms with Crippen LogP contribution in [-0.4, -0.2) is 29.1 Å². The number of rotatable bonds is 3. The van der Waals surface area contributed by atoms with Crippen LogP contribution in [0.3, 0.4) is 0 Å². The Balaban J connectivity index is 2.05. The third-order valence-corrected chi connectivity index (χ3v) is 3.32. The van der Waals surface area contributed by atoms with E-state index in [1.807, 2.05) is 18.2 Å². The minimum Gasteiger partial charge on any atom is -0.354 e. The summed E-state index contributed by atoms with van der Waals surface area (Å²) in [5.74, 6) is 0.172. The Morgan fingerprint density at radius 2 is 1.85 bits per heavy atom. The summed E-state index contributed by atoms with van der Waals surface area (Å²) in [6.07, 6.45) is 1.85. The van der Waals surface area contributed by atoms with Gasteiger partial charge in [0.1, 0.15) is 0 Å². The van der Waals surface area contributed by atoms with Gasteiger partial charge in [0.2, 0.25) is 5.91 Å². The Morgan fingerprint density at radius 3 is 2.50 bits per heavy atom. The molecule has 0 saturated heterocycles. The standard InChI is InChI=1S/C14H14N4O2/c1-15-14(20)11-9-4-2-3-5-10(9)12(18-17-11)16-13(19)8-6-7-8/h2-5,8H,6-7H2,1H3,(H,15,20)(H,16,18,19). The number of amides is 2. The fourth-order valence-corrected chi connectivity index (χ4v) is 2.05. The van der Waals surface area contributed by atoms with Crippen molar-refractivity contribution in [2.45, 2.75) is 12.8 Å². The second kappa shape index (κ2) is 4.88. The van der Waals surface area contributed by atoms with Gasteiger partial charge in [-0.2, -0.15) is 0 Å².